The number of alkyl carbamates (subject to hydrolysis) is 1. The highest BCUT2D eigenvalue weighted by molar-refractivity contribution is 6.35. The van der Waals surface area contributed by atoms with Crippen molar-refractivity contribution in [1.29, 1.82) is 0 Å². The minimum atomic E-state index is -0.560. The maximum atomic E-state index is 12.7. The number of hydrogen-bond acceptors (Lipinski definition) is 5. The van der Waals surface area contributed by atoms with Gasteiger partial charge < -0.3 is 25.4 Å². The number of halogens is 1. The molecule has 0 heterocycles. The highest BCUT2D eigenvalue weighted by atomic mass is 35.5. The molecule has 0 radical (unpaired) electrons. The van der Waals surface area contributed by atoms with E-state index in [4.69, 9.17) is 21.1 Å². The first kappa shape index (κ1) is 23.5. The predicted octanol–water partition coefficient (Wildman–Crippen LogP) is 4.89. The molecule has 0 aliphatic rings. The van der Waals surface area contributed by atoms with Crippen molar-refractivity contribution in [3.63, 3.8) is 0 Å². The summed E-state index contributed by atoms with van der Waals surface area (Å²) < 4.78 is 10.8. The minimum Gasteiger partial charge on any atom is -0.444 e. The van der Waals surface area contributed by atoms with Crippen LogP contribution in [0.3, 0.4) is 0 Å². The third-order valence-corrected chi connectivity index (χ3v) is 4.08. The van der Waals surface area contributed by atoms with Crippen molar-refractivity contribution in [2.24, 2.45) is 0 Å². The maximum absolute atomic E-state index is 12.7. The van der Waals surface area contributed by atoms with Crippen LogP contribution in [0.25, 0.3) is 0 Å². The Kier molecular flexibility index (Phi) is 8.50. The van der Waals surface area contributed by atoms with Crippen molar-refractivity contribution in [2.75, 3.05) is 24.0 Å². The summed E-state index contributed by atoms with van der Waals surface area (Å²) in [7, 11) is 0. The van der Waals surface area contributed by atoms with Gasteiger partial charge in [0, 0.05) is 5.69 Å². The fourth-order valence-corrected chi connectivity index (χ4v) is 2.79. The predicted molar refractivity (Wildman–Crippen MR) is 119 cm³/mol. The summed E-state index contributed by atoms with van der Waals surface area (Å²) in [6, 6.07) is 14.0. The summed E-state index contributed by atoms with van der Waals surface area (Å²) in [4.78, 5) is 24.5. The van der Waals surface area contributed by atoms with Gasteiger partial charge in [-0.15, -0.1) is 0 Å². The normalized spacial score (nSPS) is 12.0. The first-order valence-electron chi connectivity index (χ1n) is 9.62. The molecule has 0 aliphatic heterocycles. The van der Waals surface area contributed by atoms with Crippen LogP contribution in [-0.2, 0) is 9.47 Å². The third kappa shape index (κ3) is 7.93. The summed E-state index contributed by atoms with van der Waals surface area (Å²) in [6.45, 7) is 7.60. The second-order valence-electron chi connectivity index (χ2n) is 7.72. The fourth-order valence-electron chi connectivity index (χ4n) is 2.53. The Labute approximate surface area is 182 Å². The van der Waals surface area contributed by atoms with Gasteiger partial charge in [-0.25, -0.2) is 4.79 Å². The lowest BCUT2D eigenvalue weighted by Crippen LogP contribution is -2.40. The van der Waals surface area contributed by atoms with Crippen LogP contribution in [0.2, 0.25) is 5.02 Å². The second kappa shape index (κ2) is 10.8. The van der Waals surface area contributed by atoms with Crippen LogP contribution in [0.15, 0.2) is 48.5 Å². The van der Waals surface area contributed by atoms with Gasteiger partial charge in [0.25, 0.3) is 5.91 Å². The second-order valence-corrected chi connectivity index (χ2v) is 8.13. The largest absolute Gasteiger partial charge is 0.444 e. The Balaban J connectivity index is 1.88. The van der Waals surface area contributed by atoms with Gasteiger partial charge in [0.15, 0.2) is 0 Å². The van der Waals surface area contributed by atoms with Gasteiger partial charge >= 0.3 is 6.09 Å². The molecular weight excluding hydrogens is 406 g/mol. The van der Waals surface area contributed by atoms with Gasteiger partial charge in [-0.3, -0.25) is 4.79 Å². The van der Waals surface area contributed by atoms with E-state index in [9.17, 15) is 9.59 Å². The third-order valence-electron chi connectivity index (χ3n) is 3.77. The SMILES string of the molecule is C[C@@H](COCNc1cccc(Cl)c1C(=O)Nc1ccccc1)NC(=O)OC(C)(C)C. The lowest BCUT2D eigenvalue weighted by molar-refractivity contribution is 0.0462. The Hall–Kier alpha value is -2.77. The van der Waals surface area contributed by atoms with Gasteiger partial charge in [0.05, 0.1) is 28.9 Å². The molecule has 2 amide bonds. The number of rotatable bonds is 8. The van der Waals surface area contributed by atoms with E-state index in [-0.39, 0.29) is 25.3 Å². The molecular formula is C22H28ClN3O4. The maximum Gasteiger partial charge on any atom is 0.407 e. The van der Waals surface area contributed by atoms with E-state index in [0.29, 0.717) is 22.0 Å². The van der Waals surface area contributed by atoms with E-state index in [0.717, 1.165) is 0 Å². The van der Waals surface area contributed by atoms with Crippen LogP contribution < -0.4 is 16.0 Å². The molecule has 0 aliphatic carbocycles. The van der Waals surface area contributed by atoms with Crippen LogP contribution in [0, 0.1) is 0 Å². The smallest absolute Gasteiger partial charge is 0.407 e. The molecule has 0 fully saturated rings. The molecule has 0 aromatic heterocycles. The summed E-state index contributed by atoms with van der Waals surface area (Å²) in [6.07, 6.45) is -0.499. The van der Waals surface area contributed by atoms with Crippen molar-refractivity contribution in [3.05, 3.63) is 59.1 Å². The van der Waals surface area contributed by atoms with Crippen molar-refractivity contribution >= 4 is 35.0 Å². The number of para-hydroxylation sites is 1. The summed E-state index contributed by atoms with van der Waals surface area (Å²) >= 11 is 6.26. The molecule has 0 unspecified atom stereocenters. The number of benzene rings is 2. The topological polar surface area (TPSA) is 88.7 Å². The van der Waals surface area contributed by atoms with Gasteiger partial charge in [-0.2, -0.15) is 0 Å². The van der Waals surface area contributed by atoms with E-state index in [2.05, 4.69) is 16.0 Å². The van der Waals surface area contributed by atoms with Gasteiger partial charge in [-0.05, 0) is 52.0 Å². The number of anilines is 2. The molecule has 0 spiro atoms. The molecule has 0 bridgehead atoms. The Morgan fingerprint density at radius 3 is 2.43 bits per heavy atom. The highest BCUT2D eigenvalue weighted by Crippen LogP contribution is 2.25. The van der Waals surface area contributed by atoms with Gasteiger partial charge in [0.2, 0.25) is 0 Å². The van der Waals surface area contributed by atoms with E-state index < -0.39 is 11.7 Å². The van der Waals surface area contributed by atoms with E-state index >= 15 is 0 Å². The Morgan fingerprint density at radius 1 is 1.07 bits per heavy atom. The first-order chi connectivity index (χ1) is 14.2. The zero-order chi connectivity index (χ0) is 22.1. The molecule has 2 aromatic carbocycles. The number of carbonyl (C=O) groups excluding carboxylic acids is 2. The molecule has 2 aromatic rings. The van der Waals surface area contributed by atoms with Crippen LogP contribution in [0.5, 0.6) is 0 Å². The number of amides is 2. The number of hydrogen-bond donors (Lipinski definition) is 3. The Bertz CT molecular complexity index is 853. The molecule has 0 saturated heterocycles. The Morgan fingerprint density at radius 2 is 1.77 bits per heavy atom. The molecule has 8 heteroatoms. The van der Waals surface area contributed by atoms with Crippen LogP contribution in [0.4, 0.5) is 16.2 Å². The molecule has 30 heavy (non-hydrogen) atoms. The summed E-state index contributed by atoms with van der Waals surface area (Å²) in [5.41, 5.74) is 0.983. The quantitative estimate of drug-likeness (QED) is 0.407. The van der Waals surface area contributed by atoms with E-state index in [1.807, 2.05) is 25.1 Å². The zero-order valence-electron chi connectivity index (χ0n) is 17.6. The average Bonchev–Trinajstić information content (AvgIpc) is 2.64. The van der Waals surface area contributed by atoms with Crippen molar-refractivity contribution in [2.45, 2.75) is 39.3 Å². The monoisotopic (exact) mass is 433 g/mol. The highest BCUT2D eigenvalue weighted by Gasteiger charge is 2.18. The molecule has 162 valence electrons. The lowest BCUT2D eigenvalue weighted by Gasteiger charge is -2.22. The molecule has 2 rings (SSSR count). The van der Waals surface area contributed by atoms with Gasteiger partial charge in [-0.1, -0.05) is 35.9 Å². The summed E-state index contributed by atoms with van der Waals surface area (Å²) in [5, 5.41) is 8.91. The zero-order valence-corrected chi connectivity index (χ0v) is 18.4. The molecule has 0 saturated carbocycles. The minimum absolute atomic E-state index is 0.131. The van der Waals surface area contributed by atoms with E-state index in [1.165, 1.54) is 0 Å². The van der Waals surface area contributed by atoms with Crippen molar-refractivity contribution < 1.29 is 19.1 Å². The molecule has 3 N–H and O–H groups in total. The van der Waals surface area contributed by atoms with Crippen LogP contribution in [0.1, 0.15) is 38.1 Å². The van der Waals surface area contributed by atoms with E-state index in [1.54, 1.807) is 51.1 Å². The number of nitrogens with one attached hydrogen (secondary N) is 3. The number of carbonyl (C=O) groups is 2. The fraction of sp³-hybridized carbons (Fsp3) is 0.364. The van der Waals surface area contributed by atoms with Crippen molar-refractivity contribution in [3.8, 4) is 0 Å². The first-order valence-corrected chi connectivity index (χ1v) is 9.99. The number of ether oxygens (including phenoxy) is 2. The standard InChI is InChI=1S/C22H28ClN3O4/c1-15(25-21(28)30-22(2,3)4)13-29-14-24-18-12-8-11-17(23)19(18)20(27)26-16-9-6-5-7-10-16/h5-12,15,24H,13-14H2,1-4H3,(H,25,28)(H,26,27)/t15-/m0/s1. The van der Waals surface area contributed by atoms with Gasteiger partial charge in [0.1, 0.15) is 12.3 Å². The van der Waals surface area contributed by atoms with Crippen molar-refractivity contribution in [1.82, 2.24) is 5.32 Å². The molecule has 7 nitrogen and oxygen atoms in total. The summed E-state index contributed by atoms with van der Waals surface area (Å²) in [5.74, 6) is -0.325. The lowest BCUT2D eigenvalue weighted by atomic mass is 10.1. The van der Waals surface area contributed by atoms with Crippen LogP contribution in [-0.4, -0.2) is 37.0 Å². The van der Waals surface area contributed by atoms with Crippen LogP contribution >= 0.6 is 11.6 Å². The molecule has 1 atom stereocenters. The average molecular weight is 434 g/mol.